The Hall–Kier alpha value is -6.20. The molecule has 0 aliphatic heterocycles. The highest BCUT2D eigenvalue weighted by Gasteiger charge is 2.23. The Morgan fingerprint density at radius 1 is 0.356 bits per heavy atom. The predicted octanol–water partition coefficient (Wildman–Crippen LogP) is 9.82. The van der Waals surface area contributed by atoms with Gasteiger partial charge in [-0.2, -0.15) is 0 Å². The lowest BCUT2D eigenvalue weighted by Crippen LogP contribution is -1.98. The number of nitrogens with zero attached hydrogens (tertiary/aromatic N) is 5. The first-order valence-electron chi connectivity index (χ1n) is 15.2. The summed E-state index contributed by atoms with van der Waals surface area (Å²) in [6.45, 7) is 0. The van der Waals surface area contributed by atoms with Gasteiger partial charge in [-0.25, -0.2) is 0 Å². The number of aromatic nitrogens is 5. The van der Waals surface area contributed by atoms with Gasteiger partial charge in [-0.15, -0.1) is 0 Å². The SMILES string of the molecule is c1ccc(-n2c3ccccc3c3ccc4c5ccccc5n(-c5cc6c7ccncc7n7c8cnccc8c(c5)c67)c4c32)cc1. The van der Waals surface area contributed by atoms with Gasteiger partial charge in [-0.3, -0.25) is 9.97 Å². The van der Waals surface area contributed by atoms with Gasteiger partial charge in [0.05, 0.1) is 51.0 Å². The molecule has 5 aromatic carbocycles. The first kappa shape index (κ1) is 23.3. The highest BCUT2D eigenvalue weighted by atomic mass is 15.0. The van der Waals surface area contributed by atoms with E-state index in [-0.39, 0.29) is 0 Å². The summed E-state index contributed by atoms with van der Waals surface area (Å²) in [5, 5.41) is 9.81. The average Bonchev–Trinajstić information content (AvgIpc) is 3.82. The molecule has 5 nitrogen and oxygen atoms in total. The molecule has 0 spiro atoms. The smallest absolute Gasteiger partial charge is 0.0788 e. The molecular weight excluding hydrogens is 550 g/mol. The summed E-state index contributed by atoms with van der Waals surface area (Å²) in [6.07, 6.45) is 7.74. The molecule has 0 atom stereocenters. The van der Waals surface area contributed by atoms with Crippen LogP contribution in [0.15, 0.2) is 140 Å². The molecule has 0 aliphatic carbocycles. The summed E-state index contributed by atoms with van der Waals surface area (Å²) in [5.41, 5.74) is 10.5. The Morgan fingerprint density at radius 2 is 0.844 bits per heavy atom. The van der Waals surface area contributed by atoms with Crippen LogP contribution in [-0.2, 0) is 0 Å². The molecule has 5 heteroatoms. The number of fused-ring (bicyclic) bond motifs is 13. The van der Waals surface area contributed by atoms with Gasteiger partial charge < -0.3 is 13.5 Å². The van der Waals surface area contributed by atoms with E-state index in [1.807, 2.05) is 24.8 Å². The van der Waals surface area contributed by atoms with Crippen LogP contribution < -0.4 is 0 Å². The Morgan fingerprint density at radius 3 is 1.42 bits per heavy atom. The molecule has 0 radical (unpaired) electrons. The third kappa shape index (κ3) is 2.83. The van der Waals surface area contributed by atoms with Crippen LogP contribution in [-0.4, -0.2) is 23.5 Å². The van der Waals surface area contributed by atoms with Crippen molar-refractivity contribution in [1.29, 1.82) is 0 Å². The topological polar surface area (TPSA) is 40.0 Å². The van der Waals surface area contributed by atoms with Crippen LogP contribution in [0.3, 0.4) is 0 Å². The minimum absolute atomic E-state index is 1.10. The largest absolute Gasteiger partial charge is 0.307 e. The summed E-state index contributed by atoms with van der Waals surface area (Å²) in [5.74, 6) is 0. The van der Waals surface area contributed by atoms with Gasteiger partial charge in [0.2, 0.25) is 0 Å². The first-order valence-corrected chi connectivity index (χ1v) is 15.2. The Kier molecular flexibility index (Phi) is 4.26. The fourth-order valence-electron chi connectivity index (χ4n) is 7.97. The molecule has 11 aromatic rings. The number of para-hydroxylation sites is 3. The van der Waals surface area contributed by atoms with E-state index < -0.39 is 0 Å². The molecule has 0 fully saturated rings. The Balaban J connectivity index is 1.40. The van der Waals surface area contributed by atoms with Gasteiger partial charge in [0.1, 0.15) is 0 Å². The third-order valence-corrected chi connectivity index (χ3v) is 9.72. The molecule has 0 saturated carbocycles. The van der Waals surface area contributed by atoms with Gasteiger partial charge in [-0.1, -0.05) is 66.7 Å². The van der Waals surface area contributed by atoms with Crippen LogP contribution in [0.1, 0.15) is 0 Å². The van der Waals surface area contributed by atoms with E-state index in [4.69, 9.17) is 0 Å². The molecular formula is C40H23N5. The van der Waals surface area contributed by atoms with Crippen molar-refractivity contribution in [3.05, 3.63) is 140 Å². The van der Waals surface area contributed by atoms with Gasteiger partial charge in [0.25, 0.3) is 0 Å². The normalized spacial score (nSPS) is 12.4. The van der Waals surface area contributed by atoms with Crippen LogP contribution in [0.2, 0.25) is 0 Å². The van der Waals surface area contributed by atoms with Gasteiger partial charge >= 0.3 is 0 Å². The molecule has 6 heterocycles. The number of hydrogen-bond donors (Lipinski definition) is 0. The molecule has 0 amide bonds. The quantitative estimate of drug-likeness (QED) is 0.207. The zero-order chi connectivity index (χ0) is 29.2. The molecule has 45 heavy (non-hydrogen) atoms. The monoisotopic (exact) mass is 573 g/mol. The van der Waals surface area contributed by atoms with Crippen LogP contribution in [0, 0.1) is 0 Å². The van der Waals surface area contributed by atoms with E-state index in [2.05, 4.69) is 139 Å². The van der Waals surface area contributed by atoms with Crippen molar-refractivity contribution in [1.82, 2.24) is 23.5 Å². The summed E-state index contributed by atoms with van der Waals surface area (Å²) < 4.78 is 7.26. The maximum Gasteiger partial charge on any atom is 0.0788 e. The van der Waals surface area contributed by atoms with E-state index >= 15 is 0 Å². The van der Waals surface area contributed by atoms with Crippen LogP contribution in [0.5, 0.6) is 0 Å². The molecule has 0 N–H and O–H groups in total. The summed E-state index contributed by atoms with van der Waals surface area (Å²) >= 11 is 0. The van der Waals surface area contributed by atoms with Gasteiger partial charge in [-0.05, 0) is 48.5 Å². The van der Waals surface area contributed by atoms with Crippen molar-refractivity contribution < 1.29 is 0 Å². The minimum Gasteiger partial charge on any atom is -0.307 e. The lowest BCUT2D eigenvalue weighted by Gasteiger charge is -2.13. The summed E-state index contributed by atoms with van der Waals surface area (Å²) in [4.78, 5) is 9.02. The number of pyridine rings is 2. The zero-order valence-electron chi connectivity index (χ0n) is 24.0. The fourth-order valence-corrected chi connectivity index (χ4v) is 7.97. The van der Waals surface area contributed by atoms with E-state index in [9.17, 15) is 0 Å². The number of hydrogen-bond acceptors (Lipinski definition) is 2. The maximum absolute atomic E-state index is 4.51. The Bertz CT molecular complexity index is 2890. The highest BCUT2D eigenvalue weighted by molar-refractivity contribution is 6.26. The van der Waals surface area contributed by atoms with Crippen molar-refractivity contribution in [2.45, 2.75) is 0 Å². The first-order chi connectivity index (χ1) is 22.4. The molecule has 208 valence electrons. The summed E-state index contributed by atoms with van der Waals surface area (Å²) in [7, 11) is 0. The van der Waals surface area contributed by atoms with Crippen molar-refractivity contribution in [2.75, 3.05) is 0 Å². The lowest BCUT2D eigenvalue weighted by molar-refractivity contribution is 1.15. The standard InChI is InChI=1S/C40H23N5/c1-2-8-24(9-3-1)43-34-12-6-4-10-26(34)30-14-15-31-27-11-5-7-13-35(27)44(40(31)39(30)43)25-20-32-28-16-18-41-22-36(28)45-37-23-42-19-17-29(37)33(21-25)38(32)45/h1-23H. The Labute approximate surface area is 256 Å². The van der Waals surface area contributed by atoms with Gasteiger partial charge in [0.15, 0.2) is 0 Å². The van der Waals surface area contributed by atoms with Crippen LogP contribution in [0.4, 0.5) is 0 Å². The van der Waals surface area contributed by atoms with Gasteiger partial charge in [0, 0.05) is 66.9 Å². The van der Waals surface area contributed by atoms with Crippen LogP contribution >= 0.6 is 0 Å². The van der Waals surface area contributed by atoms with Crippen molar-refractivity contribution >= 4 is 81.7 Å². The molecule has 0 aliphatic rings. The molecule has 6 aromatic heterocycles. The third-order valence-electron chi connectivity index (χ3n) is 9.72. The van der Waals surface area contributed by atoms with Crippen LogP contribution in [0.25, 0.3) is 93.1 Å². The minimum atomic E-state index is 1.10. The van der Waals surface area contributed by atoms with E-state index in [0.717, 1.165) is 22.4 Å². The van der Waals surface area contributed by atoms with E-state index in [1.54, 1.807) is 0 Å². The highest BCUT2D eigenvalue weighted by Crippen LogP contribution is 2.44. The van der Waals surface area contributed by atoms with Crippen molar-refractivity contribution in [2.24, 2.45) is 0 Å². The van der Waals surface area contributed by atoms with E-state index in [1.165, 1.54) is 70.7 Å². The molecule has 0 bridgehead atoms. The maximum atomic E-state index is 4.51. The summed E-state index contributed by atoms with van der Waals surface area (Å²) in [6, 6.07) is 42.0. The second-order valence-corrected chi connectivity index (χ2v) is 11.9. The fraction of sp³-hybridized carbons (Fsp3) is 0. The second kappa shape index (κ2) is 8.24. The second-order valence-electron chi connectivity index (χ2n) is 11.9. The molecule has 0 unspecified atom stereocenters. The average molecular weight is 574 g/mol. The zero-order valence-corrected chi connectivity index (χ0v) is 24.0. The number of rotatable bonds is 2. The predicted molar refractivity (Wildman–Crippen MR) is 185 cm³/mol. The number of benzene rings is 5. The molecule has 11 rings (SSSR count). The molecule has 0 saturated heterocycles. The van der Waals surface area contributed by atoms with Crippen molar-refractivity contribution in [3.63, 3.8) is 0 Å². The van der Waals surface area contributed by atoms with E-state index in [0.29, 0.717) is 0 Å². The van der Waals surface area contributed by atoms with Crippen molar-refractivity contribution in [3.8, 4) is 11.4 Å². The lowest BCUT2D eigenvalue weighted by atomic mass is 10.1.